The molecule has 39 heavy (non-hydrogen) atoms. The minimum atomic E-state index is -1.07. The van der Waals surface area contributed by atoms with Crippen molar-refractivity contribution in [2.45, 2.75) is 45.1 Å². The first kappa shape index (κ1) is 25.1. The van der Waals surface area contributed by atoms with Crippen LogP contribution in [-0.4, -0.2) is 20.1 Å². The van der Waals surface area contributed by atoms with Gasteiger partial charge in [0.1, 0.15) is 11.5 Å². The zero-order chi connectivity index (χ0) is 27.5. The van der Waals surface area contributed by atoms with Crippen LogP contribution in [0.4, 0.5) is 17.1 Å². The normalized spacial score (nSPS) is 17.0. The van der Waals surface area contributed by atoms with Crippen LogP contribution in [0.1, 0.15) is 77.7 Å². The Morgan fingerprint density at radius 2 is 1.49 bits per heavy atom. The number of fused-ring (bicyclic) bond motifs is 6. The van der Waals surface area contributed by atoms with Gasteiger partial charge in [0.2, 0.25) is 0 Å². The second kappa shape index (κ2) is 9.19. The van der Waals surface area contributed by atoms with Crippen molar-refractivity contribution in [3.63, 3.8) is 0 Å². The van der Waals surface area contributed by atoms with E-state index in [9.17, 15) is 4.79 Å². The number of rotatable bonds is 5. The molecule has 0 aliphatic carbocycles. The Morgan fingerprint density at radius 3 is 2.18 bits per heavy atom. The Morgan fingerprint density at radius 1 is 0.769 bits per heavy atom. The first-order valence-electron chi connectivity index (χ1n) is 13.6. The first-order chi connectivity index (χ1) is 18.7. The maximum Gasteiger partial charge on any atom is 0.340 e. The van der Waals surface area contributed by atoms with Crippen LogP contribution in [0.2, 0.25) is 0 Å². The Labute approximate surface area is 230 Å². The van der Waals surface area contributed by atoms with Crippen LogP contribution in [0, 0.1) is 0 Å². The summed E-state index contributed by atoms with van der Waals surface area (Å²) >= 11 is 0. The maximum absolute atomic E-state index is 13.3. The van der Waals surface area contributed by atoms with E-state index in [0.717, 1.165) is 45.1 Å². The molecule has 2 heterocycles. The Bertz CT molecular complexity index is 1590. The average Bonchev–Trinajstić information content (AvgIpc) is 3.21. The van der Waals surface area contributed by atoms with Crippen molar-refractivity contribution in [2.24, 2.45) is 0 Å². The summed E-state index contributed by atoms with van der Waals surface area (Å²) in [6.45, 7) is 8.73. The highest BCUT2D eigenvalue weighted by Gasteiger charge is 2.54. The van der Waals surface area contributed by atoms with Crippen molar-refractivity contribution in [3.8, 4) is 11.5 Å². The number of hydrogen-bond acceptors (Lipinski definition) is 5. The molecular formula is C34H34N2O3. The molecule has 0 saturated carbocycles. The van der Waals surface area contributed by atoms with Crippen LogP contribution >= 0.6 is 0 Å². The highest BCUT2D eigenvalue weighted by molar-refractivity contribution is 5.97. The molecule has 198 valence electrons. The van der Waals surface area contributed by atoms with Gasteiger partial charge in [-0.25, -0.2) is 4.79 Å². The van der Waals surface area contributed by atoms with Gasteiger partial charge in [-0.05, 0) is 71.5 Å². The molecule has 2 aliphatic rings. The van der Waals surface area contributed by atoms with Crippen LogP contribution in [0.15, 0.2) is 78.9 Å². The Hall–Kier alpha value is -4.25. The highest BCUT2D eigenvalue weighted by Crippen LogP contribution is 2.58. The van der Waals surface area contributed by atoms with Crippen molar-refractivity contribution in [3.05, 3.63) is 112 Å². The fraction of sp³-hybridized carbons (Fsp3) is 0.265. The molecule has 4 aromatic rings. The lowest BCUT2D eigenvalue weighted by Crippen LogP contribution is -2.33. The van der Waals surface area contributed by atoms with Crippen molar-refractivity contribution in [1.82, 2.24) is 0 Å². The predicted molar refractivity (Wildman–Crippen MR) is 157 cm³/mol. The number of nitrogens with one attached hydrogen (secondary N) is 1. The van der Waals surface area contributed by atoms with Gasteiger partial charge in [-0.2, -0.15) is 0 Å². The summed E-state index contributed by atoms with van der Waals surface area (Å²) in [4.78, 5) is 15.4. The molecule has 0 aromatic heterocycles. The summed E-state index contributed by atoms with van der Waals surface area (Å²) in [6, 6.07) is 26.5. The molecule has 5 heteroatoms. The molecule has 0 fully saturated rings. The molecule has 6 rings (SSSR count). The lowest BCUT2D eigenvalue weighted by atomic mass is 9.75. The van der Waals surface area contributed by atoms with Crippen LogP contribution in [0.3, 0.4) is 0 Å². The van der Waals surface area contributed by atoms with Gasteiger partial charge >= 0.3 is 5.97 Å². The molecule has 1 spiro atoms. The molecule has 5 nitrogen and oxygen atoms in total. The highest BCUT2D eigenvalue weighted by atomic mass is 16.6. The number of carbonyl (C=O) groups excluding carboxylic acids is 1. The Balaban J connectivity index is 1.54. The number of esters is 1. The number of benzene rings is 4. The third-order valence-corrected chi connectivity index (χ3v) is 7.83. The molecule has 1 unspecified atom stereocenters. The number of nitrogens with zero attached hydrogens (tertiary/aromatic N) is 1. The fourth-order valence-corrected chi connectivity index (χ4v) is 5.67. The van der Waals surface area contributed by atoms with E-state index in [-0.39, 0.29) is 11.9 Å². The summed E-state index contributed by atoms with van der Waals surface area (Å²) in [5.41, 5.74) is 7.43. The summed E-state index contributed by atoms with van der Waals surface area (Å²) in [5.74, 6) is 1.68. The summed E-state index contributed by atoms with van der Waals surface area (Å²) in [7, 11) is 4.06. The van der Waals surface area contributed by atoms with Crippen LogP contribution in [-0.2, 0) is 10.3 Å². The number of hydrogen-bond donors (Lipinski definition) is 1. The van der Waals surface area contributed by atoms with E-state index in [1.807, 2.05) is 56.6 Å². The first-order valence-corrected chi connectivity index (χ1v) is 13.6. The van der Waals surface area contributed by atoms with Crippen molar-refractivity contribution >= 4 is 23.0 Å². The zero-order valence-corrected chi connectivity index (χ0v) is 23.3. The maximum atomic E-state index is 13.3. The van der Waals surface area contributed by atoms with E-state index in [2.05, 4.69) is 74.3 Å². The van der Waals surface area contributed by atoms with Gasteiger partial charge in [-0.1, -0.05) is 52.0 Å². The lowest BCUT2D eigenvalue weighted by molar-refractivity contribution is 0.0223. The smallest absolute Gasteiger partial charge is 0.340 e. The molecular weight excluding hydrogens is 484 g/mol. The molecule has 0 amide bonds. The second-order valence-corrected chi connectivity index (χ2v) is 11.3. The molecule has 1 N–H and O–H groups in total. The van der Waals surface area contributed by atoms with Gasteiger partial charge in [0.15, 0.2) is 5.60 Å². The Kier molecular flexibility index (Phi) is 5.91. The van der Waals surface area contributed by atoms with E-state index in [1.54, 1.807) is 0 Å². The standard InChI is InChI=1S/C34H34N2O3/c1-20(2)22-17-27(21(3)4)32-30(18-22)34(28-10-8-7-9-26(28)33(37)39-34)29-16-13-24(19-31(29)38-32)35-23-11-14-25(15-12-23)36(5)6/h7-21,35H,1-6H3. The lowest BCUT2D eigenvalue weighted by Gasteiger charge is -2.38. The third-order valence-electron chi connectivity index (χ3n) is 7.83. The number of carbonyl (C=O) groups is 1. The molecule has 0 bridgehead atoms. The molecule has 0 radical (unpaired) electrons. The van der Waals surface area contributed by atoms with E-state index in [4.69, 9.17) is 9.47 Å². The number of anilines is 3. The van der Waals surface area contributed by atoms with Gasteiger partial charge < -0.3 is 19.7 Å². The largest absolute Gasteiger partial charge is 0.456 e. The van der Waals surface area contributed by atoms with Gasteiger partial charge in [0.25, 0.3) is 0 Å². The van der Waals surface area contributed by atoms with Crippen molar-refractivity contribution in [2.75, 3.05) is 24.3 Å². The summed E-state index contributed by atoms with van der Waals surface area (Å²) in [5, 5.41) is 3.51. The fourth-order valence-electron chi connectivity index (χ4n) is 5.67. The second-order valence-electron chi connectivity index (χ2n) is 11.3. The van der Waals surface area contributed by atoms with E-state index in [0.29, 0.717) is 17.2 Å². The predicted octanol–water partition coefficient (Wildman–Crippen LogP) is 8.31. The van der Waals surface area contributed by atoms with E-state index in [1.165, 1.54) is 5.56 Å². The zero-order valence-electron chi connectivity index (χ0n) is 23.3. The average molecular weight is 519 g/mol. The van der Waals surface area contributed by atoms with Gasteiger partial charge in [0, 0.05) is 53.9 Å². The number of ether oxygens (including phenoxy) is 2. The minimum absolute atomic E-state index is 0.222. The minimum Gasteiger partial charge on any atom is -0.456 e. The monoisotopic (exact) mass is 518 g/mol. The molecule has 1 atom stereocenters. The molecule has 2 aliphatic heterocycles. The summed E-state index contributed by atoms with van der Waals surface area (Å²) in [6.07, 6.45) is 0. The van der Waals surface area contributed by atoms with Crippen molar-refractivity contribution < 1.29 is 14.3 Å². The van der Waals surface area contributed by atoms with Crippen LogP contribution in [0.5, 0.6) is 11.5 Å². The van der Waals surface area contributed by atoms with Crippen molar-refractivity contribution in [1.29, 1.82) is 0 Å². The summed E-state index contributed by atoms with van der Waals surface area (Å²) < 4.78 is 13.2. The SMILES string of the molecule is CC(C)c1cc(C(C)C)c2c(c1)C1(OC(=O)c3ccccc31)c1ccc(Nc3ccc(N(C)C)cc3)cc1O2. The molecule has 4 aromatic carbocycles. The quantitative estimate of drug-likeness (QED) is 0.269. The third kappa shape index (κ3) is 3.95. The van der Waals surface area contributed by atoms with Gasteiger partial charge in [-0.3, -0.25) is 0 Å². The van der Waals surface area contributed by atoms with Crippen LogP contribution in [0.25, 0.3) is 0 Å². The van der Waals surface area contributed by atoms with Gasteiger partial charge in [-0.15, -0.1) is 0 Å². The van der Waals surface area contributed by atoms with Gasteiger partial charge in [0.05, 0.1) is 5.56 Å². The molecule has 0 saturated heterocycles. The van der Waals surface area contributed by atoms with E-state index < -0.39 is 5.60 Å². The topological polar surface area (TPSA) is 50.8 Å². The van der Waals surface area contributed by atoms with Crippen LogP contribution < -0.4 is 15.0 Å². The van der Waals surface area contributed by atoms with E-state index >= 15 is 0 Å².